The fourth-order valence-corrected chi connectivity index (χ4v) is 1.12. The fourth-order valence-electron chi connectivity index (χ4n) is 1.12. The van der Waals surface area contributed by atoms with Crippen LogP contribution in [-0.4, -0.2) is 28.3 Å². The normalized spacial score (nSPS) is 11.8. The smallest absolute Gasteiger partial charge is 0.345 e. The fraction of sp³-hybridized carbons (Fsp3) is 0.273. The van der Waals surface area contributed by atoms with Crippen molar-refractivity contribution in [2.45, 2.75) is 19.4 Å². The van der Waals surface area contributed by atoms with E-state index < -0.39 is 24.5 Å². The second-order valence-corrected chi connectivity index (χ2v) is 3.36. The summed E-state index contributed by atoms with van der Waals surface area (Å²) >= 11 is 0. The summed E-state index contributed by atoms with van der Waals surface area (Å²) in [5.41, 5.74) is 1.01. The lowest BCUT2D eigenvalue weighted by atomic mass is 10.2. The van der Waals surface area contributed by atoms with E-state index in [-0.39, 0.29) is 0 Å². The molecule has 0 radical (unpaired) electrons. The molecule has 16 heavy (non-hydrogen) atoms. The predicted molar refractivity (Wildman–Crippen MR) is 55.5 cm³/mol. The Morgan fingerprint density at radius 2 is 1.81 bits per heavy atom. The lowest BCUT2D eigenvalue weighted by Crippen LogP contribution is -2.29. The summed E-state index contributed by atoms with van der Waals surface area (Å²) in [6, 6.07) is 6.73. The molecule has 86 valence electrons. The van der Waals surface area contributed by atoms with E-state index in [2.05, 4.69) is 0 Å². The number of carboxylic acid groups (broad SMARTS) is 2. The minimum atomic E-state index is -1.36. The van der Waals surface area contributed by atoms with E-state index in [1.165, 1.54) is 0 Å². The molecule has 1 rings (SSSR count). The second-order valence-electron chi connectivity index (χ2n) is 3.36. The van der Waals surface area contributed by atoms with Crippen LogP contribution in [0, 0.1) is 6.92 Å². The number of rotatable bonds is 5. The summed E-state index contributed by atoms with van der Waals surface area (Å²) in [6.07, 6.45) is -1.93. The number of ether oxygens (including phenoxy) is 1. The largest absolute Gasteiger partial charge is 0.481 e. The molecule has 5 heteroatoms. The summed E-state index contributed by atoms with van der Waals surface area (Å²) in [4.78, 5) is 21.1. The molecule has 5 nitrogen and oxygen atoms in total. The molecular formula is C11H12O5. The van der Waals surface area contributed by atoms with Crippen LogP contribution in [0.15, 0.2) is 24.3 Å². The van der Waals surface area contributed by atoms with E-state index in [4.69, 9.17) is 14.9 Å². The van der Waals surface area contributed by atoms with Crippen LogP contribution in [0.4, 0.5) is 0 Å². The highest BCUT2D eigenvalue weighted by atomic mass is 16.5. The van der Waals surface area contributed by atoms with Gasteiger partial charge in [-0.25, -0.2) is 4.79 Å². The summed E-state index contributed by atoms with van der Waals surface area (Å²) in [5.74, 6) is -2.15. The van der Waals surface area contributed by atoms with Crippen molar-refractivity contribution < 1.29 is 24.5 Å². The van der Waals surface area contributed by atoms with Gasteiger partial charge in [0.25, 0.3) is 0 Å². The third kappa shape index (κ3) is 3.61. The van der Waals surface area contributed by atoms with Crippen LogP contribution in [0.1, 0.15) is 12.0 Å². The number of carbonyl (C=O) groups is 2. The van der Waals surface area contributed by atoms with Gasteiger partial charge < -0.3 is 14.9 Å². The maximum absolute atomic E-state index is 10.7. The Hall–Kier alpha value is -2.04. The highest BCUT2D eigenvalue weighted by Crippen LogP contribution is 2.14. The van der Waals surface area contributed by atoms with Gasteiger partial charge in [-0.3, -0.25) is 4.79 Å². The van der Waals surface area contributed by atoms with Gasteiger partial charge in [0.1, 0.15) is 5.75 Å². The van der Waals surface area contributed by atoms with Crippen molar-refractivity contribution in [1.29, 1.82) is 0 Å². The minimum Gasteiger partial charge on any atom is -0.481 e. The van der Waals surface area contributed by atoms with Gasteiger partial charge >= 0.3 is 11.9 Å². The quantitative estimate of drug-likeness (QED) is 0.787. The van der Waals surface area contributed by atoms with Gasteiger partial charge in [-0.15, -0.1) is 0 Å². The van der Waals surface area contributed by atoms with Crippen molar-refractivity contribution >= 4 is 11.9 Å². The number of aliphatic carboxylic acids is 2. The first-order valence-electron chi connectivity index (χ1n) is 4.67. The van der Waals surface area contributed by atoms with E-state index in [1.807, 2.05) is 6.92 Å². The number of hydrogen-bond acceptors (Lipinski definition) is 3. The van der Waals surface area contributed by atoms with Crippen molar-refractivity contribution in [3.8, 4) is 5.75 Å². The van der Waals surface area contributed by atoms with Crippen LogP contribution in [0.5, 0.6) is 5.75 Å². The molecule has 1 aromatic rings. The Kier molecular flexibility index (Phi) is 3.88. The zero-order chi connectivity index (χ0) is 12.1. The second kappa shape index (κ2) is 5.16. The van der Waals surface area contributed by atoms with Crippen molar-refractivity contribution in [3.63, 3.8) is 0 Å². The molecule has 0 saturated heterocycles. The van der Waals surface area contributed by atoms with Crippen molar-refractivity contribution in [1.82, 2.24) is 0 Å². The first-order valence-corrected chi connectivity index (χ1v) is 4.67. The number of benzene rings is 1. The van der Waals surface area contributed by atoms with Gasteiger partial charge in [0, 0.05) is 0 Å². The Balaban J connectivity index is 2.71. The third-order valence-electron chi connectivity index (χ3n) is 1.93. The van der Waals surface area contributed by atoms with Gasteiger partial charge in [-0.05, 0) is 19.1 Å². The molecule has 0 spiro atoms. The van der Waals surface area contributed by atoms with Crippen LogP contribution >= 0.6 is 0 Å². The Morgan fingerprint density at radius 3 is 2.25 bits per heavy atom. The average Bonchev–Trinajstić information content (AvgIpc) is 2.19. The zero-order valence-corrected chi connectivity index (χ0v) is 8.71. The van der Waals surface area contributed by atoms with Crippen LogP contribution in [0.3, 0.4) is 0 Å². The molecular weight excluding hydrogens is 212 g/mol. The van der Waals surface area contributed by atoms with Crippen molar-refractivity contribution in [2.75, 3.05) is 0 Å². The minimum absolute atomic E-state index is 0.347. The topological polar surface area (TPSA) is 83.8 Å². The predicted octanol–water partition coefficient (Wildman–Crippen LogP) is 1.30. The van der Waals surface area contributed by atoms with E-state index >= 15 is 0 Å². The standard InChI is InChI=1S/C11H12O5/c1-7-2-4-8(5-3-7)16-9(11(14)15)6-10(12)13/h2-5,9H,6H2,1H3,(H,12,13)(H,14,15)/t9-/m1/s1. The molecule has 1 atom stereocenters. The molecule has 0 heterocycles. The summed E-state index contributed by atoms with van der Waals surface area (Å²) in [6.45, 7) is 1.88. The third-order valence-corrected chi connectivity index (χ3v) is 1.93. The van der Waals surface area contributed by atoms with Gasteiger partial charge in [-0.2, -0.15) is 0 Å². The van der Waals surface area contributed by atoms with Gasteiger partial charge in [0.15, 0.2) is 0 Å². The number of hydrogen-bond donors (Lipinski definition) is 2. The van der Waals surface area contributed by atoms with E-state index in [0.29, 0.717) is 5.75 Å². The van der Waals surface area contributed by atoms with Crippen LogP contribution in [0.25, 0.3) is 0 Å². The van der Waals surface area contributed by atoms with Gasteiger partial charge in [-0.1, -0.05) is 17.7 Å². The lowest BCUT2D eigenvalue weighted by Gasteiger charge is -2.13. The highest BCUT2D eigenvalue weighted by molar-refractivity contribution is 5.79. The SMILES string of the molecule is Cc1ccc(O[C@H](CC(=O)O)C(=O)O)cc1. The maximum Gasteiger partial charge on any atom is 0.345 e. The molecule has 0 aliphatic carbocycles. The van der Waals surface area contributed by atoms with Crippen LogP contribution in [0.2, 0.25) is 0 Å². The first-order chi connectivity index (χ1) is 7.49. The van der Waals surface area contributed by atoms with Crippen LogP contribution < -0.4 is 4.74 Å². The molecule has 0 aliphatic rings. The van der Waals surface area contributed by atoms with Crippen LogP contribution in [-0.2, 0) is 9.59 Å². The Bertz CT molecular complexity index is 382. The van der Waals surface area contributed by atoms with Gasteiger partial charge in [0.05, 0.1) is 6.42 Å². The Labute approximate surface area is 92.3 Å². The molecule has 0 aromatic heterocycles. The molecule has 0 bridgehead atoms. The molecule has 1 aromatic carbocycles. The first kappa shape index (κ1) is 12.0. The number of carboxylic acids is 2. The zero-order valence-electron chi connectivity index (χ0n) is 8.71. The van der Waals surface area contributed by atoms with E-state index in [0.717, 1.165) is 5.56 Å². The monoisotopic (exact) mass is 224 g/mol. The lowest BCUT2D eigenvalue weighted by molar-refractivity contribution is -0.151. The Morgan fingerprint density at radius 1 is 1.25 bits per heavy atom. The maximum atomic E-state index is 10.7. The van der Waals surface area contributed by atoms with E-state index in [1.54, 1.807) is 24.3 Å². The van der Waals surface area contributed by atoms with Crippen molar-refractivity contribution in [2.24, 2.45) is 0 Å². The molecule has 0 fully saturated rings. The summed E-state index contributed by atoms with van der Waals surface area (Å²) in [7, 11) is 0. The highest BCUT2D eigenvalue weighted by Gasteiger charge is 2.22. The summed E-state index contributed by atoms with van der Waals surface area (Å²) in [5, 5.41) is 17.3. The van der Waals surface area contributed by atoms with E-state index in [9.17, 15) is 9.59 Å². The molecule has 0 aliphatic heterocycles. The molecule has 0 amide bonds. The average molecular weight is 224 g/mol. The molecule has 0 unspecified atom stereocenters. The summed E-state index contributed by atoms with van der Waals surface area (Å²) < 4.78 is 5.06. The number of aryl methyl sites for hydroxylation is 1. The van der Waals surface area contributed by atoms with Crippen molar-refractivity contribution in [3.05, 3.63) is 29.8 Å². The van der Waals surface area contributed by atoms with Gasteiger partial charge in [0.2, 0.25) is 6.10 Å². The molecule has 0 saturated carbocycles. The molecule has 2 N–H and O–H groups in total.